The van der Waals surface area contributed by atoms with Gasteiger partial charge in [0.15, 0.2) is 11.5 Å². The maximum Gasteiger partial charge on any atom is 0.161 e. The average Bonchev–Trinajstić information content (AvgIpc) is 2.51. The van der Waals surface area contributed by atoms with Gasteiger partial charge in [-0.3, -0.25) is 0 Å². The van der Waals surface area contributed by atoms with Gasteiger partial charge >= 0.3 is 0 Å². The smallest absolute Gasteiger partial charge is 0.161 e. The lowest BCUT2D eigenvalue weighted by Crippen LogP contribution is -2.33. The number of methoxy groups -OCH3 is 2. The van der Waals surface area contributed by atoms with Gasteiger partial charge in [-0.15, -0.1) is 0 Å². The predicted molar refractivity (Wildman–Crippen MR) is 80.1 cm³/mol. The molecule has 21 heavy (non-hydrogen) atoms. The summed E-state index contributed by atoms with van der Waals surface area (Å²) in [6.45, 7) is 2.91. The van der Waals surface area contributed by atoms with Crippen LogP contribution in [0.2, 0.25) is 0 Å². The van der Waals surface area contributed by atoms with Crippen molar-refractivity contribution in [1.29, 1.82) is 0 Å². The van der Waals surface area contributed by atoms with Gasteiger partial charge < -0.3 is 29.4 Å². The molecule has 0 aliphatic carbocycles. The third kappa shape index (κ3) is 7.87. The summed E-state index contributed by atoms with van der Waals surface area (Å²) in [6, 6.07) is 7.50. The van der Waals surface area contributed by atoms with Gasteiger partial charge in [-0.1, -0.05) is 12.1 Å². The van der Waals surface area contributed by atoms with Crippen molar-refractivity contribution in [3.63, 3.8) is 0 Å². The molecule has 1 atom stereocenters. The maximum atomic E-state index is 9.66. The molecule has 2 N–H and O–H groups in total. The van der Waals surface area contributed by atoms with E-state index in [4.69, 9.17) is 18.9 Å². The molecular formula is C15H25NO5. The van der Waals surface area contributed by atoms with Crippen LogP contribution in [0.4, 0.5) is 0 Å². The van der Waals surface area contributed by atoms with Crippen LogP contribution in [0, 0.1) is 0 Å². The molecule has 0 aliphatic heterocycles. The van der Waals surface area contributed by atoms with Gasteiger partial charge in [-0.25, -0.2) is 0 Å². The van der Waals surface area contributed by atoms with Gasteiger partial charge in [0, 0.05) is 20.2 Å². The van der Waals surface area contributed by atoms with Gasteiger partial charge in [0.25, 0.3) is 0 Å². The first-order valence-corrected chi connectivity index (χ1v) is 6.99. The van der Waals surface area contributed by atoms with E-state index in [1.807, 2.05) is 24.3 Å². The van der Waals surface area contributed by atoms with Crippen LogP contribution in [0.1, 0.15) is 0 Å². The summed E-state index contributed by atoms with van der Waals surface area (Å²) in [5.74, 6) is 1.43. The molecule has 0 aromatic heterocycles. The minimum atomic E-state index is -0.534. The first-order chi connectivity index (χ1) is 10.3. The van der Waals surface area contributed by atoms with Gasteiger partial charge in [-0.05, 0) is 12.1 Å². The number of rotatable bonds is 12. The molecular weight excluding hydrogens is 274 g/mol. The van der Waals surface area contributed by atoms with E-state index in [1.54, 1.807) is 14.2 Å². The normalized spacial score (nSPS) is 12.1. The fourth-order valence-corrected chi connectivity index (χ4v) is 1.66. The summed E-state index contributed by atoms with van der Waals surface area (Å²) in [5.41, 5.74) is 0. The van der Waals surface area contributed by atoms with E-state index in [0.29, 0.717) is 51.0 Å². The van der Waals surface area contributed by atoms with Crippen LogP contribution in [0.5, 0.6) is 11.5 Å². The molecule has 1 rings (SSSR count). The van der Waals surface area contributed by atoms with Crippen LogP contribution in [0.25, 0.3) is 0 Å². The van der Waals surface area contributed by atoms with E-state index in [9.17, 15) is 5.11 Å². The summed E-state index contributed by atoms with van der Waals surface area (Å²) in [5, 5.41) is 12.8. The van der Waals surface area contributed by atoms with Crippen molar-refractivity contribution in [1.82, 2.24) is 5.32 Å². The molecule has 0 fully saturated rings. The number of nitrogens with one attached hydrogen (secondary N) is 1. The lowest BCUT2D eigenvalue weighted by atomic mass is 10.3. The second-order valence-electron chi connectivity index (χ2n) is 4.42. The Morgan fingerprint density at radius 2 is 1.86 bits per heavy atom. The summed E-state index contributed by atoms with van der Waals surface area (Å²) < 4.78 is 20.9. The molecule has 120 valence electrons. The molecule has 6 heteroatoms. The van der Waals surface area contributed by atoms with Gasteiger partial charge in [-0.2, -0.15) is 0 Å². The zero-order valence-electron chi connectivity index (χ0n) is 12.7. The van der Waals surface area contributed by atoms with Crippen molar-refractivity contribution in [2.24, 2.45) is 0 Å². The van der Waals surface area contributed by atoms with E-state index in [2.05, 4.69) is 5.32 Å². The van der Waals surface area contributed by atoms with E-state index in [0.717, 1.165) is 0 Å². The summed E-state index contributed by atoms with van der Waals surface area (Å²) in [4.78, 5) is 0. The summed E-state index contributed by atoms with van der Waals surface area (Å²) in [6.07, 6.45) is -0.534. The Bertz CT molecular complexity index is 375. The standard InChI is InChI=1S/C15H25NO5/c1-18-9-10-20-12-13(17)11-16-7-8-21-15-6-4-3-5-14(15)19-2/h3-6,13,16-17H,7-12H2,1-2H3/t13-/m1/s1. The van der Waals surface area contributed by atoms with Crippen LogP contribution in [0.15, 0.2) is 24.3 Å². The lowest BCUT2D eigenvalue weighted by molar-refractivity contribution is 0.0136. The summed E-state index contributed by atoms with van der Waals surface area (Å²) >= 11 is 0. The number of hydrogen-bond donors (Lipinski definition) is 2. The first-order valence-electron chi connectivity index (χ1n) is 6.99. The number of aliphatic hydroxyl groups excluding tert-OH is 1. The number of ether oxygens (including phenoxy) is 4. The number of hydrogen-bond acceptors (Lipinski definition) is 6. The van der Waals surface area contributed by atoms with Gasteiger partial charge in [0.2, 0.25) is 0 Å². The third-order valence-corrected chi connectivity index (χ3v) is 2.73. The minimum Gasteiger partial charge on any atom is -0.493 e. The van der Waals surface area contributed by atoms with E-state index >= 15 is 0 Å². The van der Waals surface area contributed by atoms with Crippen LogP contribution in [-0.4, -0.2) is 64.9 Å². The van der Waals surface area contributed by atoms with Crippen molar-refractivity contribution in [3.8, 4) is 11.5 Å². The minimum absolute atomic E-state index is 0.295. The third-order valence-electron chi connectivity index (χ3n) is 2.73. The number of para-hydroxylation sites is 2. The quantitative estimate of drug-likeness (QED) is 0.553. The Morgan fingerprint density at radius 3 is 2.57 bits per heavy atom. The van der Waals surface area contributed by atoms with E-state index in [-0.39, 0.29) is 0 Å². The highest BCUT2D eigenvalue weighted by Crippen LogP contribution is 2.25. The Kier molecular flexibility index (Phi) is 9.56. The first kappa shape index (κ1) is 17.7. The molecule has 0 saturated carbocycles. The van der Waals surface area contributed by atoms with Crippen molar-refractivity contribution in [3.05, 3.63) is 24.3 Å². The molecule has 0 bridgehead atoms. The van der Waals surface area contributed by atoms with Crippen LogP contribution < -0.4 is 14.8 Å². The van der Waals surface area contributed by atoms with E-state index < -0.39 is 6.10 Å². The lowest BCUT2D eigenvalue weighted by Gasteiger charge is -2.13. The summed E-state index contributed by atoms with van der Waals surface area (Å²) in [7, 11) is 3.23. The van der Waals surface area contributed by atoms with Crippen molar-refractivity contribution < 1.29 is 24.1 Å². The van der Waals surface area contributed by atoms with E-state index in [1.165, 1.54) is 0 Å². The number of aliphatic hydroxyl groups is 1. The van der Waals surface area contributed by atoms with Crippen LogP contribution in [0.3, 0.4) is 0 Å². The average molecular weight is 299 g/mol. The Morgan fingerprint density at radius 1 is 1.10 bits per heavy atom. The fraction of sp³-hybridized carbons (Fsp3) is 0.600. The predicted octanol–water partition coefficient (Wildman–Crippen LogP) is 0.688. The molecule has 0 unspecified atom stereocenters. The highest BCUT2D eigenvalue weighted by molar-refractivity contribution is 5.39. The molecule has 0 saturated heterocycles. The topological polar surface area (TPSA) is 69.2 Å². The van der Waals surface area contributed by atoms with Crippen LogP contribution >= 0.6 is 0 Å². The van der Waals surface area contributed by atoms with Crippen molar-refractivity contribution in [2.75, 3.05) is 53.7 Å². The fourth-order valence-electron chi connectivity index (χ4n) is 1.66. The largest absolute Gasteiger partial charge is 0.493 e. The molecule has 6 nitrogen and oxygen atoms in total. The highest BCUT2D eigenvalue weighted by atomic mass is 16.5. The van der Waals surface area contributed by atoms with Gasteiger partial charge in [0.1, 0.15) is 6.61 Å². The second-order valence-corrected chi connectivity index (χ2v) is 4.42. The molecule has 0 spiro atoms. The second kappa shape index (κ2) is 11.3. The zero-order chi connectivity index (χ0) is 15.3. The Balaban J connectivity index is 2.06. The van der Waals surface area contributed by atoms with Crippen molar-refractivity contribution in [2.45, 2.75) is 6.10 Å². The molecule has 1 aromatic carbocycles. The molecule has 1 aromatic rings. The zero-order valence-corrected chi connectivity index (χ0v) is 12.7. The molecule has 0 aliphatic rings. The molecule has 0 heterocycles. The molecule has 0 radical (unpaired) electrons. The monoisotopic (exact) mass is 299 g/mol. The Labute approximate surface area is 126 Å². The number of benzene rings is 1. The van der Waals surface area contributed by atoms with Gasteiger partial charge in [0.05, 0.1) is 33.0 Å². The molecule has 0 amide bonds. The maximum absolute atomic E-state index is 9.66. The van der Waals surface area contributed by atoms with Crippen LogP contribution in [-0.2, 0) is 9.47 Å². The highest BCUT2D eigenvalue weighted by Gasteiger charge is 2.04. The Hall–Kier alpha value is -1.34. The SMILES string of the molecule is COCCOC[C@H](O)CNCCOc1ccccc1OC. The van der Waals surface area contributed by atoms with Crippen molar-refractivity contribution >= 4 is 0 Å².